The summed E-state index contributed by atoms with van der Waals surface area (Å²) in [6, 6.07) is 0.214. The molecule has 1 aromatic rings. The number of thioether (sulfide) groups is 1. The highest BCUT2D eigenvalue weighted by Gasteiger charge is 2.32. The topological polar surface area (TPSA) is 61.0 Å². The second-order valence-electron chi connectivity index (χ2n) is 6.89. The third-order valence-electron chi connectivity index (χ3n) is 3.95. The van der Waals surface area contributed by atoms with Gasteiger partial charge in [0.25, 0.3) is 0 Å². The van der Waals surface area contributed by atoms with Gasteiger partial charge >= 0.3 is 6.03 Å². The van der Waals surface area contributed by atoms with E-state index in [9.17, 15) is 4.79 Å². The number of amides is 2. The monoisotopic (exact) mass is 324 g/mol. The van der Waals surface area contributed by atoms with Crippen LogP contribution in [0.3, 0.4) is 0 Å². The smallest absolute Gasteiger partial charge is 0.317 e. The van der Waals surface area contributed by atoms with E-state index in [0.29, 0.717) is 6.54 Å². The summed E-state index contributed by atoms with van der Waals surface area (Å²) in [4.78, 5) is 14.4. The van der Waals surface area contributed by atoms with E-state index in [1.165, 1.54) is 5.56 Å². The summed E-state index contributed by atoms with van der Waals surface area (Å²) in [7, 11) is 0. The number of aromatic amines is 1. The standard InChI is InChI=1S/C16H28N4OS/c1-11-14(12(2)19-18-11)13-7-6-9-20(13)15(21)17-8-10-22-16(3,4)5/h13H,6-10H2,1-5H3,(H,17,21)(H,18,19)/t13-/m0/s1. The molecule has 2 N–H and O–H groups in total. The average molecular weight is 324 g/mol. The van der Waals surface area contributed by atoms with Gasteiger partial charge in [0.05, 0.1) is 11.7 Å². The quantitative estimate of drug-likeness (QED) is 0.834. The van der Waals surface area contributed by atoms with Gasteiger partial charge in [-0.3, -0.25) is 5.10 Å². The van der Waals surface area contributed by atoms with E-state index in [4.69, 9.17) is 0 Å². The predicted molar refractivity (Wildman–Crippen MR) is 92.4 cm³/mol. The van der Waals surface area contributed by atoms with Gasteiger partial charge in [0.15, 0.2) is 0 Å². The first-order chi connectivity index (χ1) is 10.3. The molecule has 1 saturated heterocycles. The molecule has 0 radical (unpaired) electrons. The molecule has 1 atom stereocenters. The molecule has 0 bridgehead atoms. The second-order valence-corrected chi connectivity index (χ2v) is 8.81. The van der Waals surface area contributed by atoms with Gasteiger partial charge in [-0.15, -0.1) is 0 Å². The minimum absolute atomic E-state index is 0.0528. The Hall–Kier alpha value is -1.17. The van der Waals surface area contributed by atoms with Crippen molar-refractivity contribution in [3.63, 3.8) is 0 Å². The van der Waals surface area contributed by atoms with E-state index in [1.807, 2.05) is 30.5 Å². The van der Waals surface area contributed by atoms with Crippen LogP contribution in [0.4, 0.5) is 4.79 Å². The Labute approximate surface area is 137 Å². The van der Waals surface area contributed by atoms with Crippen LogP contribution in [-0.2, 0) is 0 Å². The summed E-state index contributed by atoms with van der Waals surface area (Å²) in [6.45, 7) is 12.2. The first kappa shape index (κ1) is 17.2. The number of hydrogen-bond donors (Lipinski definition) is 2. The van der Waals surface area contributed by atoms with Crippen LogP contribution in [-0.4, -0.2) is 44.7 Å². The predicted octanol–water partition coefficient (Wildman–Crippen LogP) is 3.40. The number of nitrogens with one attached hydrogen (secondary N) is 2. The fourth-order valence-electron chi connectivity index (χ4n) is 2.98. The molecule has 2 amide bonds. The molecule has 0 aliphatic carbocycles. The van der Waals surface area contributed by atoms with Crippen molar-refractivity contribution in [2.45, 2.75) is 58.2 Å². The molecular weight excluding hydrogens is 296 g/mol. The number of carbonyl (C=O) groups is 1. The van der Waals surface area contributed by atoms with Crippen LogP contribution in [0.25, 0.3) is 0 Å². The molecule has 5 nitrogen and oxygen atoms in total. The van der Waals surface area contributed by atoms with Gasteiger partial charge in [-0.25, -0.2) is 4.79 Å². The summed E-state index contributed by atoms with van der Waals surface area (Å²) in [5.74, 6) is 0.942. The molecular formula is C16H28N4OS. The lowest BCUT2D eigenvalue weighted by Crippen LogP contribution is -2.40. The minimum atomic E-state index is 0.0528. The first-order valence-electron chi connectivity index (χ1n) is 7.99. The van der Waals surface area contributed by atoms with Crippen LogP contribution in [0.2, 0.25) is 0 Å². The first-order valence-corrected chi connectivity index (χ1v) is 8.98. The maximum atomic E-state index is 12.5. The molecule has 0 saturated carbocycles. The second kappa shape index (κ2) is 6.94. The van der Waals surface area contributed by atoms with Gasteiger partial charge in [0.1, 0.15) is 0 Å². The summed E-state index contributed by atoms with van der Waals surface area (Å²) < 4.78 is 0.242. The van der Waals surface area contributed by atoms with Crippen molar-refractivity contribution in [1.82, 2.24) is 20.4 Å². The molecule has 0 aromatic carbocycles. The summed E-state index contributed by atoms with van der Waals surface area (Å²) >= 11 is 1.87. The van der Waals surface area contributed by atoms with E-state index in [1.54, 1.807) is 0 Å². The molecule has 1 fully saturated rings. The Balaban J connectivity index is 1.92. The van der Waals surface area contributed by atoms with Gasteiger partial charge in [0, 0.05) is 34.8 Å². The van der Waals surface area contributed by atoms with Gasteiger partial charge in [-0.2, -0.15) is 16.9 Å². The van der Waals surface area contributed by atoms with E-state index in [0.717, 1.165) is 36.5 Å². The molecule has 0 spiro atoms. The van der Waals surface area contributed by atoms with Crippen molar-refractivity contribution in [1.29, 1.82) is 0 Å². The lowest BCUT2D eigenvalue weighted by Gasteiger charge is -2.26. The van der Waals surface area contributed by atoms with Gasteiger partial charge < -0.3 is 10.2 Å². The van der Waals surface area contributed by atoms with Crippen LogP contribution < -0.4 is 5.32 Å². The van der Waals surface area contributed by atoms with Gasteiger partial charge in [0.2, 0.25) is 0 Å². The maximum absolute atomic E-state index is 12.5. The maximum Gasteiger partial charge on any atom is 0.317 e. The van der Waals surface area contributed by atoms with Crippen molar-refractivity contribution in [2.75, 3.05) is 18.8 Å². The summed E-state index contributed by atoms with van der Waals surface area (Å²) in [5, 5.41) is 10.4. The highest BCUT2D eigenvalue weighted by molar-refractivity contribution is 8.00. The van der Waals surface area contributed by atoms with Crippen molar-refractivity contribution in [2.24, 2.45) is 0 Å². The highest BCUT2D eigenvalue weighted by atomic mass is 32.2. The summed E-state index contributed by atoms with van der Waals surface area (Å²) in [5.41, 5.74) is 3.27. The van der Waals surface area contributed by atoms with Gasteiger partial charge in [-0.05, 0) is 26.7 Å². The number of aromatic nitrogens is 2. The van der Waals surface area contributed by atoms with E-state index >= 15 is 0 Å². The van der Waals surface area contributed by atoms with E-state index in [2.05, 4.69) is 36.3 Å². The third kappa shape index (κ3) is 4.18. The van der Waals surface area contributed by atoms with Crippen molar-refractivity contribution < 1.29 is 4.79 Å². The molecule has 1 aliphatic rings. The van der Waals surface area contributed by atoms with Crippen LogP contribution in [0.1, 0.15) is 56.6 Å². The molecule has 124 valence electrons. The van der Waals surface area contributed by atoms with Crippen LogP contribution >= 0.6 is 11.8 Å². The fraction of sp³-hybridized carbons (Fsp3) is 0.750. The summed E-state index contributed by atoms with van der Waals surface area (Å²) in [6.07, 6.45) is 2.07. The number of likely N-dealkylation sites (tertiary alicyclic amines) is 1. The van der Waals surface area contributed by atoms with Gasteiger partial charge in [-0.1, -0.05) is 20.8 Å². The Morgan fingerprint density at radius 3 is 2.77 bits per heavy atom. The SMILES string of the molecule is Cc1n[nH]c(C)c1[C@@H]1CCCN1C(=O)NCCSC(C)(C)C. The average Bonchev–Trinajstić information content (AvgIpc) is 3.00. The number of rotatable bonds is 4. The zero-order valence-electron chi connectivity index (χ0n) is 14.3. The Kier molecular flexibility index (Phi) is 5.42. The number of nitrogens with zero attached hydrogens (tertiary/aromatic N) is 2. The van der Waals surface area contributed by atoms with Crippen LogP contribution in [0.5, 0.6) is 0 Å². The molecule has 22 heavy (non-hydrogen) atoms. The molecule has 0 unspecified atom stereocenters. The Bertz CT molecular complexity index is 501. The number of hydrogen-bond acceptors (Lipinski definition) is 3. The number of urea groups is 1. The van der Waals surface area contributed by atoms with Crippen molar-refractivity contribution in [3.8, 4) is 0 Å². The molecule has 1 aromatic heterocycles. The van der Waals surface area contributed by atoms with Crippen molar-refractivity contribution >= 4 is 17.8 Å². The lowest BCUT2D eigenvalue weighted by molar-refractivity contribution is 0.193. The Morgan fingerprint density at radius 2 is 2.18 bits per heavy atom. The van der Waals surface area contributed by atoms with E-state index in [-0.39, 0.29) is 16.8 Å². The number of carbonyl (C=O) groups excluding carboxylic acids is 1. The number of H-pyrrole nitrogens is 1. The normalized spacial score (nSPS) is 18.8. The lowest BCUT2D eigenvalue weighted by atomic mass is 10.0. The van der Waals surface area contributed by atoms with Crippen LogP contribution in [0.15, 0.2) is 0 Å². The van der Waals surface area contributed by atoms with Crippen molar-refractivity contribution in [3.05, 3.63) is 17.0 Å². The molecule has 6 heteroatoms. The zero-order valence-corrected chi connectivity index (χ0v) is 15.1. The third-order valence-corrected chi connectivity index (χ3v) is 5.22. The minimum Gasteiger partial charge on any atom is -0.337 e. The molecule has 2 rings (SSSR count). The zero-order chi connectivity index (χ0) is 16.3. The highest BCUT2D eigenvalue weighted by Crippen LogP contribution is 2.34. The number of aryl methyl sites for hydroxylation is 2. The Morgan fingerprint density at radius 1 is 1.45 bits per heavy atom. The molecule has 2 heterocycles. The fourth-order valence-corrected chi connectivity index (χ4v) is 3.79. The van der Waals surface area contributed by atoms with Crippen LogP contribution in [0, 0.1) is 13.8 Å². The van der Waals surface area contributed by atoms with E-state index < -0.39 is 0 Å². The molecule has 1 aliphatic heterocycles. The largest absolute Gasteiger partial charge is 0.337 e.